The molecule has 4 rings (SSSR count). The van der Waals surface area contributed by atoms with E-state index in [1.807, 2.05) is 0 Å². The van der Waals surface area contributed by atoms with Crippen molar-refractivity contribution in [2.24, 2.45) is 5.41 Å². The summed E-state index contributed by atoms with van der Waals surface area (Å²) in [7, 11) is 0. The molecular weight excluding hydrogens is 468 g/mol. The molecule has 0 saturated carbocycles. The van der Waals surface area contributed by atoms with Crippen LogP contribution in [0.3, 0.4) is 0 Å². The molecule has 212 valence electrons. The number of fused-ring (bicyclic) bond motifs is 2. The Morgan fingerprint density at radius 3 is 1.31 bits per heavy atom. The van der Waals surface area contributed by atoms with Gasteiger partial charge in [0.2, 0.25) is 0 Å². The zero-order valence-corrected chi connectivity index (χ0v) is 26.2. The van der Waals surface area contributed by atoms with E-state index in [2.05, 4.69) is 90.1 Å². The third-order valence-electron chi connectivity index (χ3n) is 9.71. The Hall–Kier alpha value is -2.08. The van der Waals surface area contributed by atoms with Crippen molar-refractivity contribution in [1.29, 1.82) is 0 Å². The van der Waals surface area contributed by atoms with Gasteiger partial charge in [-0.2, -0.15) is 0 Å². The van der Waals surface area contributed by atoms with E-state index in [1.165, 1.54) is 89.9 Å². The first-order chi connectivity index (χ1) is 19.0. The van der Waals surface area contributed by atoms with E-state index in [0.29, 0.717) is 11.8 Å². The van der Waals surface area contributed by atoms with Gasteiger partial charge in [0.25, 0.3) is 0 Å². The molecular formula is C39H56. The van der Waals surface area contributed by atoms with E-state index >= 15 is 0 Å². The van der Waals surface area contributed by atoms with Gasteiger partial charge in [-0.15, -0.1) is 0 Å². The normalized spacial score (nSPS) is 18.2. The standard InChI is InChI=1S/C39H56/c1-7-11-15-21-29-23-17-25-33-35(29)27-31(19-13-9-3)37(33)39(5,6)38-32(20-14-10-4)28-36-30(22-16-12-8-2)24-18-26-34(36)38/h17-18,23-28,37-38H,7-16,19-22H2,1-6H3. The van der Waals surface area contributed by atoms with Gasteiger partial charge >= 0.3 is 0 Å². The average molecular weight is 525 g/mol. The molecule has 2 unspecified atom stereocenters. The van der Waals surface area contributed by atoms with E-state index in [4.69, 9.17) is 0 Å². The maximum atomic E-state index is 2.64. The van der Waals surface area contributed by atoms with E-state index in [9.17, 15) is 0 Å². The zero-order valence-electron chi connectivity index (χ0n) is 26.2. The van der Waals surface area contributed by atoms with Gasteiger partial charge in [-0.3, -0.25) is 0 Å². The quantitative estimate of drug-likeness (QED) is 0.192. The van der Waals surface area contributed by atoms with Crippen molar-refractivity contribution < 1.29 is 0 Å². The molecule has 0 saturated heterocycles. The van der Waals surface area contributed by atoms with Crippen molar-refractivity contribution in [2.45, 2.75) is 143 Å². The number of aryl methyl sites for hydroxylation is 2. The number of hydrogen-bond donors (Lipinski definition) is 0. The van der Waals surface area contributed by atoms with E-state index in [-0.39, 0.29) is 5.41 Å². The molecule has 0 spiro atoms. The van der Waals surface area contributed by atoms with Gasteiger partial charge in [0.1, 0.15) is 0 Å². The summed E-state index contributed by atoms with van der Waals surface area (Å²) in [4.78, 5) is 0. The predicted octanol–water partition coefficient (Wildman–Crippen LogP) is 12.2. The molecule has 0 nitrogen and oxygen atoms in total. The minimum absolute atomic E-state index is 0.125. The predicted molar refractivity (Wildman–Crippen MR) is 174 cm³/mol. The Bertz CT molecular complexity index is 1050. The van der Waals surface area contributed by atoms with Gasteiger partial charge in [0, 0.05) is 11.8 Å². The molecule has 0 N–H and O–H groups in total. The highest BCUT2D eigenvalue weighted by atomic mass is 14.5. The summed E-state index contributed by atoms with van der Waals surface area (Å²) >= 11 is 0. The molecule has 2 aromatic rings. The first kappa shape index (κ1) is 29.9. The van der Waals surface area contributed by atoms with Crippen LogP contribution in [0.2, 0.25) is 0 Å². The highest BCUT2D eigenvalue weighted by Gasteiger charge is 2.46. The Kier molecular flexibility index (Phi) is 10.7. The number of allylic oxidation sites excluding steroid dienone is 2. The summed E-state index contributed by atoms with van der Waals surface area (Å²) in [6, 6.07) is 14.5. The van der Waals surface area contributed by atoms with Gasteiger partial charge in [0.05, 0.1) is 0 Å². The molecule has 0 fully saturated rings. The largest absolute Gasteiger partial charge is 0.0654 e. The fraction of sp³-hybridized carbons (Fsp3) is 0.590. The molecule has 0 heteroatoms. The summed E-state index contributed by atoms with van der Waals surface area (Å²) < 4.78 is 0. The van der Waals surface area contributed by atoms with Crippen molar-refractivity contribution in [1.82, 2.24) is 0 Å². The third kappa shape index (κ3) is 6.47. The second-order valence-corrected chi connectivity index (χ2v) is 13.1. The number of benzene rings is 2. The Balaban J connectivity index is 1.77. The van der Waals surface area contributed by atoms with Crippen LogP contribution in [0.1, 0.15) is 164 Å². The Labute approximate surface area is 241 Å². The second-order valence-electron chi connectivity index (χ2n) is 13.1. The summed E-state index contributed by atoms with van der Waals surface area (Å²) in [5.74, 6) is 0.991. The molecule has 2 aliphatic rings. The van der Waals surface area contributed by atoms with Crippen LogP contribution < -0.4 is 0 Å². The molecule has 0 aliphatic heterocycles. The third-order valence-corrected chi connectivity index (χ3v) is 9.71. The summed E-state index contributed by atoms with van der Waals surface area (Å²) in [5.41, 5.74) is 13.1. The number of rotatable bonds is 16. The van der Waals surface area contributed by atoms with Crippen molar-refractivity contribution in [2.75, 3.05) is 0 Å². The average Bonchev–Trinajstić information content (AvgIpc) is 3.51. The lowest BCUT2D eigenvalue weighted by Crippen LogP contribution is -2.30. The van der Waals surface area contributed by atoms with Gasteiger partial charge in [-0.25, -0.2) is 0 Å². The molecule has 0 aromatic heterocycles. The van der Waals surface area contributed by atoms with Crippen LogP contribution in [0, 0.1) is 5.41 Å². The molecule has 2 atom stereocenters. The lowest BCUT2D eigenvalue weighted by Gasteiger charge is -2.42. The topological polar surface area (TPSA) is 0 Å². The maximum absolute atomic E-state index is 2.64. The molecule has 0 heterocycles. The van der Waals surface area contributed by atoms with Crippen LogP contribution in [-0.2, 0) is 12.8 Å². The van der Waals surface area contributed by atoms with Gasteiger partial charge in [-0.1, -0.05) is 140 Å². The lowest BCUT2D eigenvalue weighted by atomic mass is 9.61. The van der Waals surface area contributed by atoms with Crippen LogP contribution in [0.15, 0.2) is 47.5 Å². The fourth-order valence-electron chi connectivity index (χ4n) is 7.74. The fourth-order valence-corrected chi connectivity index (χ4v) is 7.74. The summed E-state index contributed by atoms with van der Waals surface area (Å²) in [6.07, 6.45) is 23.1. The van der Waals surface area contributed by atoms with Crippen molar-refractivity contribution in [3.8, 4) is 0 Å². The van der Waals surface area contributed by atoms with E-state index in [1.54, 1.807) is 44.5 Å². The first-order valence-corrected chi connectivity index (χ1v) is 16.6. The van der Waals surface area contributed by atoms with Gasteiger partial charge in [0.15, 0.2) is 0 Å². The smallest absolute Gasteiger partial charge is 0.0118 e. The monoisotopic (exact) mass is 524 g/mol. The van der Waals surface area contributed by atoms with Crippen LogP contribution in [0.4, 0.5) is 0 Å². The summed E-state index contributed by atoms with van der Waals surface area (Å²) in [5, 5.41) is 0. The molecule has 2 aliphatic carbocycles. The van der Waals surface area contributed by atoms with Crippen molar-refractivity contribution >= 4 is 12.2 Å². The highest BCUT2D eigenvalue weighted by Crippen LogP contribution is 2.60. The van der Waals surface area contributed by atoms with Crippen molar-refractivity contribution in [3.63, 3.8) is 0 Å². The minimum atomic E-state index is 0.125. The lowest BCUT2D eigenvalue weighted by molar-refractivity contribution is 0.267. The highest BCUT2D eigenvalue weighted by molar-refractivity contribution is 5.73. The molecule has 0 radical (unpaired) electrons. The van der Waals surface area contributed by atoms with Crippen molar-refractivity contribution in [3.05, 3.63) is 80.9 Å². The van der Waals surface area contributed by atoms with Gasteiger partial charge < -0.3 is 0 Å². The molecule has 39 heavy (non-hydrogen) atoms. The number of unbranched alkanes of at least 4 members (excludes halogenated alkanes) is 6. The van der Waals surface area contributed by atoms with Crippen LogP contribution in [0.25, 0.3) is 12.2 Å². The van der Waals surface area contributed by atoms with E-state index in [0.717, 1.165) is 0 Å². The molecule has 2 aromatic carbocycles. The first-order valence-electron chi connectivity index (χ1n) is 16.6. The summed E-state index contributed by atoms with van der Waals surface area (Å²) in [6.45, 7) is 14.5. The zero-order chi connectivity index (χ0) is 27.8. The Morgan fingerprint density at radius 2 is 0.923 bits per heavy atom. The van der Waals surface area contributed by atoms with Crippen LogP contribution in [0.5, 0.6) is 0 Å². The second kappa shape index (κ2) is 14.0. The SMILES string of the molecule is CCCCCc1cccc2c1C=C(CCCC)C2C(C)(C)C1C(CCCC)=Cc2c(CCCCC)cccc21. The minimum Gasteiger partial charge on any atom is -0.0654 e. The molecule has 0 bridgehead atoms. The van der Waals surface area contributed by atoms with Crippen LogP contribution >= 0.6 is 0 Å². The number of hydrogen-bond acceptors (Lipinski definition) is 0. The van der Waals surface area contributed by atoms with Crippen LogP contribution in [-0.4, -0.2) is 0 Å². The molecule has 0 amide bonds. The Morgan fingerprint density at radius 1 is 0.513 bits per heavy atom. The van der Waals surface area contributed by atoms with E-state index < -0.39 is 0 Å². The maximum Gasteiger partial charge on any atom is 0.0118 e. The van der Waals surface area contributed by atoms with Gasteiger partial charge in [-0.05, 0) is 90.2 Å².